The Bertz CT molecular complexity index is 804. The van der Waals surface area contributed by atoms with E-state index in [4.69, 9.17) is 5.26 Å². The van der Waals surface area contributed by atoms with E-state index >= 15 is 0 Å². The van der Waals surface area contributed by atoms with E-state index in [9.17, 15) is 23.1 Å². The zero-order chi connectivity index (χ0) is 17.7. The number of benzene rings is 2. The minimum absolute atomic E-state index is 0.0669. The minimum atomic E-state index is -4.51. The van der Waals surface area contributed by atoms with Crippen LogP contribution in [-0.2, 0) is 11.0 Å². The lowest BCUT2D eigenvalue weighted by molar-refractivity contribution is -0.137. The third-order valence-electron chi connectivity index (χ3n) is 3.09. The van der Waals surface area contributed by atoms with E-state index in [0.717, 1.165) is 24.3 Å². The zero-order valence-corrected chi connectivity index (χ0v) is 12.1. The molecule has 2 aromatic carbocycles. The van der Waals surface area contributed by atoms with Gasteiger partial charge in [0.2, 0.25) is 0 Å². The average Bonchev–Trinajstić information content (AvgIpc) is 2.55. The number of nitrogens with zero attached hydrogens (tertiary/aromatic N) is 1. The van der Waals surface area contributed by atoms with Crippen LogP contribution in [0, 0.1) is 11.3 Å². The van der Waals surface area contributed by atoms with Crippen molar-refractivity contribution in [1.29, 1.82) is 5.26 Å². The molecule has 0 saturated carbocycles. The lowest BCUT2D eigenvalue weighted by Gasteiger charge is -2.09. The summed E-state index contributed by atoms with van der Waals surface area (Å²) in [7, 11) is 0. The molecule has 7 heteroatoms. The summed E-state index contributed by atoms with van der Waals surface area (Å²) < 4.78 is 37.6. The second-order valence-electron chi connectivity index (χ2n) is 4.73. The number of halogens is 3. The van der Waals surface area contributed by atoms with Gasteiger partial charge in [0.05, 0.1) is 5.56 Å². The maximum atomic E-state index is 12.5. The molecule has 0 bridgehead atoms. The molecule has 122 valence electrons. The van der Waals surface area contributed by atoms with Crippen LogP contribution in [0.2, 0.25) is 0 Å². The lowest BCUT2D eigenvalue weighted by Crippen LogP contribution is -2.15. The van der Waals surface area contributed by atoms with E-state index < -0.39 is 29.0 Å². The standard InChI is InChI=1S/C17H11F3N2O2/c18-17(19,20)12-8-6-11(7-9-12)15(23)14(10-21)16(24)22-13-4-2-1-3-5-13/h1-9,23H,(H,22,24)/b15-14-. The van der Waals surface area contributed by atoms with Crippen molar-refractivity contribution >= 4 is 17.4 Å². The van der Waals surface area contributed by atoms with Crippen LogP contribution in [0.4, 0.5) is 18.9 Å². The summed E-state index contributed by atoms with van der Waals surface area (Å²) in [6.45, 7) is 0. The van der Waals surface area contributed by atoms with Crippen molar-refractivity contribution in [1.82, 2.24) is 0 Å². The molecule has 0 fully saturated rings. The van der Waals surface area contributed by atoms with Crippen molar-refractivity contribution in [2.75, 3.05) is 5.32 Å². The number of carbonyl (C=O) groups excluding carboxylic acids is 1. The predicted octanol–water partition coefficient (Wildman–Crippen LogP) is 4.14. The Hall–Kier alpha value is -3.27. The number of amides is 1. The second-order valence-corrected chi connectivity index (χ2v) is 4.73. The normalized spacial score (nSPS) is 12.1. The summed E-state index contributed by atoms with van der Waals surface area (Å²) in [6.07, 6.45) is -4.51. The number of hydrogen-bond donors (Lipinski definition) is 2. The Morgan fingerprint density at radius 3 is 2.12 bits per heavy atom. The van der Waals surface area contributed by atoms with E-state index in [1.165, 1.54) is 0 Å². The van der Waals surface area contributed by atoms with Crippen molar-refractivity contribution in [3.05, 3.63) is 71.3 Å². The number of rotatable bonds is 3. The molecule has 0 unspecified atom stereocenters. The number of aliphatic hydroxyl groups is 1. The van der Waals surface area contributed by atoms with Gasteiger partial charge in [0.25, 0.3) is 5.91 Å². The maximum Gasteiger partial charge on any atom is 0.416 e. The first kappa shape index (κ1) is 17.1. The first-order valence-corrected chi connectivity index (χ1v) is 6.70. The van der Waals surface area contributed by atoms with Gasteiger partial charge in [0.15, 0.2) is 5.57 Å². The zero-order valence-electron chi connectivity index (χ0n) is 12.1. The SMILES string of the molecule is N#C/C(C(=O)Nc1ccccc1)=C(/O)c1ccc(C(F)(F)F)cc1. The molecule has 24 heavy (non-hydrogen) atoms. The Morgan fingerprint density at radius 2 is 1.62 bits per heavy atom. The van der Waals surface area contributed by atoms with E-state index in [2.05, 4.69) is 5.32 Å². The third kappa shape index (κ3) is 3.93. The molecule has 2 rings (SSSR count). The number of aliphatic hydroxyl groups excluding tert-OH is 1. The number of nitriles is 1. The molecule has 0 radical (unpaired) electrons. The summed E-state index contributed by atoms with van der Waals surface area (Å²) in [5.41, 5.74) is -1.15. The molecule has 0 atom stereocenters. The highest BCUT2D eigenvalue weighted by Crippen LogP contribution is 2.30. The smallest absolute Gasteiger partial charge is 0.416 e. The maximum absolute atomic E-state index is 12.5. The van der Waals surface area contributed by atoms with Gasteiger partial charge in [-0.1, -0.05) is 30.3 Å². The van der Waals surface area contributed by atoms with Gasteiger partial charge in [-0.3, -0.25) is 4.79 Å². The Kier molecular flexibility index (Phi) is 4.90. The van der Waals surface area contributed by atoms with Gasteiger partial charge in [0.1, 0.15) is 11.8 Å². The van der Waals surface area contributed by atoms with E-state index in [1.807, 2.05) is 0 Å². The summed E-state index contributed by atoms with van der Waals surface area (Å²) in [4.78, 5) is 12.1. The Morgan fingerprint density at radius 1 is 1.04 bits per heavy atom. The summed E-state index contributed by atoms with van der Waals surface area (Å²) in [5.74, 6) is -1.55. The molecular weight excluding hydrogens is 321 g/mol. The van der Waals surface area contributed by atoms with Gasteiger partial charge >= 0.3 is 6.18 Å². The summed E-state index contributed by atoms with van der Waals surface area (Å²) >= 11 is 0. The first-order chi connectivity index (χ1) is 11.3. The number of anilines is 1. The molecular formula is C17H11F3N2O2. The van der Waals surface area contributed by atoms with Gasteiger partial charge < -0.3 is 10.4 Å². The molecule has 0 aromatic heterocycles. The van der Waals surface area contributed by atoms with Gasteiger partial charge in [-0.05, 0) is 24.3 Å². The van der Waals surface area contributed by atoms with Gasteiger partial charge in [0, 0.05) is 11.3 Å². The highest BCUT2D eigenvalue weighted by atomic mass is 19.4. The molecule has 2 aromatic rings. The first-order valence-electron chi connectivity index (χ1n) is 6.70. The second kappa shape index (κ2) is 6.87. The topological polar surface area (TPSA) is 73.1 Å². The van der Waals surface area contributed by atoms with Crippen LogP contribution in [-0.4, -0.2) is 11.0 Å². The molecule has 0 aliphatic heterocycles. The van der Waals surface area contributed by atoms with Crippen molar-refractivity contribution < 1.29 is 23.1 Å². The van der Waals surface area contributed by atoms with Crippen LogP contribution in [0.3, 0.4) is 0 Å². The summed E-state index contributed by atoms with van der Waals surface area (Å²) in [5, 5.41) is 21.5. The van der Waals surface area contributed by atoms with Crippen molar-refractivity contribution in [3.63, 3.8) is 0 Å². The molecule has 4 nitrogen and oxygen atoms in total. The van der Waals surface area contributed by atoms with Crippen molar-refractivity contribution in [2.45, 2.75) is 6.18 Å². The quantitative estimate of drug-likeness (QED) is 0.504. The Balaban J connectivity index is 2.30. The number of nitrogens with one attached hydrogen (secondary N) is 1. The van der Waals surface area contributed by atoms with Crippen molar-refractivity contribution in [2.24, 2.45) is 0 Å². The number of para-hydroxylation sites is 1. The van der Waals surface area contributed by atoms with Crippen LogP contribution < -0.4 is 5.32 Å². The molecule has 0 aliphatic carbocycles. The minimum Gasteiger partial charge on any atom is -0.506 e. The summed E-state index contributed by atoms with van der Waals surface area (Å²) in [6, 6.07) is 13.3. The third-order valence-corrected chi connectivity index (χ3v) is 3.09. The van der Waals surface area contributed by atoms with Crippen molar-refractivity contribution in [3.8, 4) is 6.07 Å². The van der Waals surface area contributed by atoms with Crippen LogP contribution >= 0.6 is 0 Å². The van der Waals surface area contributed by atoms with Crippen LogP contribution in [0.1, 0.15) is 11.1 Å². The highest BCUT2D eigenvalue weighted by molar-refractivity contribution is 6.10. The number of alkyl halides is 3. The highest BCUT2D eigenvalue weighted by Gasteiger charge is 2.30. The van der Waals surface area contributed by atoms with E-state index in [1.54, 1.807) is 36.4 Å². The molecule has 0 heterocycles. The van der Waals surface area contributed by atoms with E-state index in [0.29, 0.717) is 5.69 Å². The van der Waals surface area contributed by atoms with Crippen LogP contribution in [0.25, 0.3) is 5.76 Å². The molecule has 0 saturated heterocycles. The van der Waals surface area contributed by atoms with Gasteiger partial charge in [-0.15, -0.1) is 0 Å². The predicted molar refractivity (Wildman–Crippen MR) is 81.7 cm³/mol. The molecule has 1 amide bonds. The van der Waals surface area contributed by atoms with Gasteiger partial charge in [-0.2, -0.15) is 18.4 Å². The van der Waals surface area contributed by atoms with Gasteiger partial charge in [-0.25, -0.2) is 0 Å². The molecule has 0 spiro atoms. The van der Waals surface area contributed by atoms with E-state index in [-0.39, 0.29) is 5.56 Å². The molecule has 0 aliphatic rings. The van der Waals surface area contributed by atoms with Crippen LogP contribution in [0.5, 0.6) is 0 Å². The lowest BCUT2D eigenvalue weighted by atomic mass is 10.1. The fourth-order valence-electron chi connectivity index (χ4n) is 1.89. The number of carbonyl (C=O) groups is 1. The monoisotopic (exact) mass is 332 g/mol. The fraction of sp³-hybridized carbons (Fsp3) is 0.0588. The average molecular weight is 332 g/mol. The fourth-order valence-corrected chi connectivity index (χ4v) is 1.89. The largest absolute Gasteiger partial charge is 0.506 e. The van der Waals surface area contributed by atoms with Crippen LogP contribution in [0.15, 0.2) is 60.2 Å². The Labute approximate surface area is 135 Å². The molecule has 2 N–H and O–H groups in total. The number of hydrogen-bond acceptors (Lipinski definition) is 3.